The van der Waals surface area contributed by atoms with Crippen molar-refractivity contribution in [3.8, 4) is 0 Å². The first-order valence-electron chi connectivity index (χ1n) is 6.65. The zero-order valence-electron chi connectivity index (χ0n) is 11.9. The fourth-order valence-corrected chi connectivity index (χ4v) is 2.53. The molecule has 0 aliphatic carbocycles. The van der Waals surface area contributed by atoms with E-state index < -0.39 is 0 Å². The van der Waals surface area contributed by atoms with E-state index in [9.17, 15) is 0 Å². The molecule has 3 rings (SSSR count). The molecule has 5 nitrogen and oxygen atoms in total. The summed E-state index contributed by atoms with van der Waals surface area (Å²) in [6, 6.07) is 10.0. The third-order valence-corrected chi connectivity index (χ3v) is 4.10. The number of hydrogen-bond acceptors (Lipinski definition) is 4. The minimum Gasteiger partial charge on any atom is -0.308 e. The molecule has 0 aliphatic heterocycles. The number of aryl methyl sites for hydroxylation is 1. The van der Waals surface area contributed by atoms with E-state index in [1.165, 1.54) is 0 Å². The predicted octanol–water partition coefficient (Wildman–Crippen LogP) is 3.04. The Morgan fingerprint density at radius 1 is 1.29 bits per heavy atom. The lowest BCUT2D eigenvalue weighted by Crippen LogP contribution is -2.14. The number of nitrogens with zero attached hydrogens (tertiary/aromatic N) is 3. The summed E-state index contributed by atoms with van der Waals surface area (Å²) in [5.41, 5.74) is 6.30. The molecule has 0 saturated heterocycles. The van der Waals surface area contributed by atoms with Crippen LogP contribution in [0.4, 0.5) is 5.82 Å². The maximum absolute atomic E-state index is 6.19. The van der Waals surface area contributed by atoms with Crippen molar-refractivity contribution >= 4 is 28.3 Å². The number of pyridine rings is 1. The molecule has 3 aromatic rings. The standard InChI is InChI=1S/C15H16ClN5/c1-9-14(16)10(2)21(20-9)8-12-7-11-5-3-4-6-13(11)18-15(12)19-17/h3-7H,8,17H2,1-2H3,(H,18,19). The van der Waals surface area contributed by atoms with Gasteiger partial charge in [0.25, 0.3) is 0 Å². The molecular weight excluding hydrogens is 286 g/mol. The fourth-order valence-electron chi connectivity index (χ4n) is 2.40. The van der Waals surface area contributed by atoms with Crippen LogP contribution in [0.1, 0.15) is 17.0 Å². The largest absolute Gasteiger partial charge is 0.308 e. The number of benzene rings is 1. The molecule has 3 N–H and O–H groups in total. The van der Waals surface area contributed by atoms with Crippen molar-refractivity contribution in [2.75, 3.05) is 5.43 Å². The van der Waals surface area contributed by atoms with Gasteiger partial charge >= 0.3 is 0 Å². The predicted molar refractivity (Wildman–Crippen MR) is 85.4 cm³/mol. The Hall–Kier alpha value is -2.11. The summed E-state index contributed by atoms with van der Waals surface area (Å²) in [6.07, 6.45) is 0. The van der Waals surface area contributed by atoms with E-state index in [0.717, 1.165) is 27.9 Å². The summed E-state index contributed by atoms with van der Waals surface area (Å²) >= 11 is 6.19. The van der Waals surface area contributed by atoms with Gasteiger partial charge in [0, 0.05) is 10.9 Å². The van der Waals surface area contributed by atoms with E-state index in [-0.39, 0.29) is 0 Å². The molecular formula is C15H16ClN5. The number of rotatable bonds is 3. The van der Waals surface area contributed by atoms with E-state index >= 15 is 0 Å². The number of hydrogen-bond donors (Lipinski definition) is 2. The van der Waals surface area contributed by atoms with Gasteiger partial charge in [0.2, 0.25) is 0 Å². The summed E-state index contributed by atoms with van der Waals surface area (Å²) in [6.45, 7) is 4.41. The molecule has 0 aliphatic rings. The first kappa shape index (κ1) is 13.9. The van der Waals surface area contributed by atoms with E-state index in [2.05, 4.69) is 21.6 Å². The number of halogens is 1. The number of anilines is 1. The summed E-state index contributed by atoms with van der Waals surface area (Å²) in [4.78, 5) is 4.54. The molecule has 0 amide bonds. The number of nitrogens with one attached hydrogen (secondary N) is 1. The molecule has 6 heteroatoms. The molecule has 0 unspecified atom stereocenters. The number of hydrazine groups is 1. The number of nitrogens with two attached hydrogens (primary N) is 1. The smallest absolute Gasteiger partial charge is 0.145 e. The second kappa shape index (κ2) is 5.35. The molecule has 0 spiro atoms. The summed E-state index contributed by atoms with van der Waals surface area (Å²) in [7, 11) is 0. The van der Waals surface area contributed by atoms with Crippen molar-refractivity contribution in [3.05, 3.63) is 52.3 Å². The van der Waals surface area contributed by atoms with Crippen molar-refractivity contribution < 1.29 is 0 Å². The minimum absolute atomic E-state index is 0.566. The lowest BCUT2D eigenvalue weighted by atomic mass is 10.1. The summed E-state index contributed by atoms with van der Waals surface area (Å²) in [5.74, 6) is 6.25. The van der Waals surface area contributed by atoms with Crippen LogP contribution in [-0.2, 0) is 6.54 Å². The molecule has 21 heavy (non-hydrogen) atoms. The number of para-hydroxylation sites is 1. The van der Waals surface area contributed by atoms with Gasteiger partial charge in [0.1, 0.15) is 5.82 Å². The molecule has 2 aromatic heterocycles. The Labute approximate surface area is 127 Å². The minimum atomic E-state index is 0.566. The van der Waals surface area contributed by atoms with Crippen LogP contribution in [0.25, 0.3) is 10.9 Å². The zero-order valence-corrected chi connectivity index (χ0v) is 12.6. The normalized spacial score (nSPS) is 11.0. The highest BCUT2D eigenvalue weighted by atomic mass is 35.5. The van der Waals surface area contributed by atoms with Crippen molar-refractivity contribution in [1.29, 1.82) is 0 Å². The fraction of sp³-hybridized carbons (Fsp3) is 0.200. The lowest BCUT2D eigenvalue weighted by Gasteiger charge is -2.11. The van der Waals surface area contributed by atoms with Gasteiger partial charge in [-0.25, -0.2) is 10.8 Å². The number of aromatic nitrogens is 3. The second-order valence-corrected chi connectivity index (χ2v) is 5.35. The van der Waals surface area contributed by atoms with Gasteiger partial charge in [0.05, 0.1) is 28.5 Å². The number of fused-ring (bicyclic) bond motifs is 1. The van der Waals surface area contributed by atoms with Crippen LogP contribution in [0.2, 0.25) is 5.02 Å². The monoisotopic (exact) mass is 301 g/mol. The molecule has 1 aromatic carbocycles. The highest BCUT2D eigenvalue weighted by Gasteiger charge is 2.12. The molecule has 0 radical (unpaired) electrons. The Morgan fingerprint density at radius 3 is 2.71 bits per heavy atom. The zero-order chi connectivity index (χ0) is 15.0. The Morgan fingerprint density at radius 2 is 2.05 bits per heavy atom. The first-order chi connectivity index (χ1) is 10.1. The van der Waals surface area contributed by atoms with Gasteiger partial charge in [0.15, 0.2) is 0 Å². The Bertz CT molecular complexity index is 809. The van der Waals surface area contributed by atoms with E-state index in [1.54, 1.807) is 0 Å². The van der Waals surface area contributed by atoms with Crippen molar-refractivity contribution in [2.24, 2.45) is 5.84 Å². The van der Waals surface area contributed by atoms with Crippen molar-refractivity contribution in [2.45, 2.75) is 20.4 Å². The maximum Gasteiger partial charge on any atom is 0.145 e. The molecule has 108 valence electrons. The SMILES string of the molecule is Cc1nn(Cc2cc3ccccc3nc2NN)c(C)c1Cl. The van der Waals surface area contributed by atoms with Crippen molar-refractivity contribution in [1.82, 2.24) is 14.8 Å². The van der Waals surface area contributed by atoms with Crippen LogP contribution in [0.5, 0.6) is 0 Å². The topological polar surface area (TPSA) is 68.8 Å². The van der Waals surface area contributed by atoms with E-state index in [0.29, 0.717) is 17.4 Å². The van der Waals surface area contributed by atoms with E-state index in [1.807, 2.05) is 42.8 Å². The third-order valence-electron chi connectivity index (χ3n) is 3.55. The molecule has 0 saturated carbocycles. The Balaban J connectivity index is 2.08. The molecule has 0 atom stereocenters. The summed E-state index contributed by atoms with van der Waals surface area (Å²) < 4.78 is 1.87. The average molecular weight is 302 g/mol. The van der Waals surface area contributed by atoms with Crippen LogP contribution < -0.4 is 11.3 Å². The van der Waals surface area contributed by atoms with Gasteiger partial charge in [-0.3, -0.25) is 4.68 Å². The highest BCUT2D eigenvalue weighted by Crippen LogP contribution is 2.24. The summed E-state index contributed by atoms with van der Waals surface area (Å²) in [5, 5.41) is 6.22. The third kappa shape index (κ3) is 2.46. The van der Waals surface area contributed by atoms with Crippen LogP contribution in [0, 0.1) is 13.8 Å². The second-order valence-electron chi connectivity index (χ2n) is 4.98. The quantitative estimate of drug-likeness (QED) is 0.576. The number of nitrogen functional groups attached to an aromatic ring is 1. The highest BCUT2D eigenvalue weighted by molar-refractivity contribution is 6.31. The lowest BCUT2D eigenvalue weighted by molar-refractivity contribution is 0.659. The van der Waals surface area contributed by atoms with Crippen LogP contribution >= 0.6 is 11.6 Å². The van der Waals surface area contributed by atoms with Gasteiger partial charge in [-0.05, 0) is 26.0 Å². The van der Waals surface area contributed by atoms with Crippen LogP contribution in [0.3, 0.4) is 0 Å². The van der Waals surface area contributed by atoms with Gasteiger partial charge in [-0.2, -0.15) is 5.10 Å². The molecule has 0 bridgehead atoms. The Kier molecular flexibility index (Phi) is 3.53. The van der Waals surface area contributed by atoms with Crippen LogP contribution in [-0.4, -0.2) is 14.8 Å². The molecule has 2 heterocycles. The molecule has 0 fully saturated rings. The van der Waals surface area contributed by atoms with Crippen LogP contribution in [0.15, 0.2) is 30.3 Å². The average Bonchev–Trinajstić information content (AvgIpc) is 2.74. The van der Waals surface area contributed by atoms with Gasteiger partial charge in [-0.15, -0.1) is 0 Å². The van der Waals surface area contributed by atoms with Crippen molar-refractivity contribution in [3.63, 3.8) is 0 Å². The maximum atomic E-state index is 6.19. The first-order valence-corrected chi connectivity index (χ1v) is 7.02. The van der Waals surface area contributed by atoms with E-state index in [4.69, 9.17) is 17.4 Å². The van der Waals surface area contributed by atoms with Gasteiger partial charge in [-0.1, -0.05) is 29.8 Å². The van der Waals surface area contributed by atoms with Gasteiger partial charge < -0.3 is 5.43 Å².